The molecule has 2 aromatic rings. The number of hydrogen-bond acceptors (Lipinski definition) is 8. The van der Waals surface area contributed by atoms with Gasteiger partial charge in [0.1, 0.15) is 11.6 Å². The van der Waals surface area contributed by atoms with E-state index in [-0.39, 0.29) is 16.9 Å². The van der Waals surface area contributed by atoms with Crippen molar-refractivity contribution in [3.8, 4) is 6.07 Å². The van der Waals surface area contributed by atoms with Crippen LogP contribution in [0.15, 0.2) is 36.4 Å². The number of rotatable bonds is 11. The van der Waals surface area contributed by atoms with Crippen molar-refractivity contribution < 1.29 is 9.85 Å². The Balaban J connectivity index is 0.000000362. The number of nitrogens with zero attached hydrogens (tertiary/aromatic N) is 6. The number of nitro groups is 2. The normalized spacial score (nSPS) is 11.2. The Bertz CT molecular complexity index is 1070. The van der Waals surface area contributed by atoms with Crippen LogP contribution < -0.4 is 9.80 Å². The number of halogens is 1. The summed E-state index contributed by atoms with van der Waals surface area (Å²) in [6, 6.07) is 11.5. The third kappa shape index (κ3) is 8.98. The lowest BCUT2D eigenvalue weighted by Crippen LogP contribution is -2.33. The second-order valence-corrected chi connectivity index (χ2v) is 9.05. The highest BCUT2D eigenvalue weighted by atomic mass is 35.5. The van der Waals surface area contributed by atoms with Gasteiger partial charge in [-0.3, -0.25) is 20.2 Å². The van der Waals surface area contributed by atoms with Gasteiger partial charge in [0.25, 0.3) is 11.4 Å². The first-order valence-electron chi connectivity index (χ1n) is 11.7. The molecule has 2 rings (SSSR count). The molecule has 0 saturated carbocycles. The average molecular weight is 519 g/mol. The van der Waals surface area contributed by atoms with Crippen LogP contribution >= 0.6 is 11.6 Å². The number of hydrogen-bond donors (Lipinski definition) is 0. The Kier molecular flexibility index (Phi) is 12.6. The molecule has 0 heterocycles. The van der Waals surface area contributed by atoms with E-state index in [1.165, 1.54) is 18.2 Å². The van der Waals surface area contributed by atoms with Gasteiger partial charge in [0.2, 0.25) is 0 Å². The standard InChI is InChI=1S/C14H19N3O2.C11H16ClN3O2/c1-4-8-16(11(3)5-2)13-6-7-14(17(18)19)12(9-13)10-15;1-13(2)6-7-14(3)11-5-4-9(15(16)17)8-10(11)12/h6-7,9,11H,4-5,8H2,1-3H3;4-5,8H,6-7H2,1-3H3. The number of likely N-dealkylation sites (N-methyl/N-ethyl adjacent to an activating group) is 2. The van der Waals surface area contributed by atoms with Crippen LogP contribution in [-0.4, -0.2) is 61.6 Å². The monoisotopic (exact) mass is 518 g/mol. The Morgan fingerprint density at radius 3 is 2.14 bits per heavy atom. The fourth-order valence-electron chi connectivity index (χ4n) is 3.41. The molecule has 10 nitrogen and oxygen atoms in total. The Morgan fingerprint density at radius 1 is 1.00 bits per heavy atom. The fraction of sp³-hybridized carbons (Fsp3) is 0.480. The van der Waals surface area contributed by atoms with Gasteiger partial charge >= 0.3 is 0 Å². The summed E-state index contributed by atoms with van der Waals surface area (Å²) in [5.74, 6) is 0. The summed E-state index contributed by atoms with van der Waals surface area (Å²) >= 11 is 6.02. The Labute approximate surface area is 218 Å². The first-order valence-corrected chi connectivity index (χ1v) is 12.1. The Hall–Kier alpha value is -3.42. The summed E-state index contributed by atoms with van der Waals surface area (Å²) in [6.07, 6.45) is 1.97. The van der Waals surface area contributed by atoms with Gasteiger partial charge in [0.15, 0.2) is 0 Å². The van der Waals surface area contributed by atoms with Gasteiger partial charge < -0.3 is 14.7 Å². The predicted octanol–water partition coefficient (Wildman–Crippen LogP) is 5.73. The van der Waals surface area contributed by atoms with Crippen molar-refractivity contribution in [2.24, 2.45) is 0 Å². The van der Waals surface area contributed by atoms with Gasteiger partial charge in [-0.25, -0.2) is 0 Å². The van der Waals surface area contributed by atoms with Crippen molar-refractivity contribution in [1.82, 2.24) is 4.90 Å². The number of nitriles is 1. The zero-order chi connectivity index (χ0) is 27.4. The van der Waals surface area contributed by atoms with Crippen LogP contribution in [0.2, 0.25) is 5.02 Å². The smallest absolute Gasteiger partial charge is 0.287 e. The topological polar surface area (TPSA) is 120 Å². The van der Waals surface area contributed by atoms with E-state index >= 15 is 0 Å². The van der Waals surface area contributed by atoms with Gasteiger partial charge in [-0.15, -0.1) is 0 Å². The van der Waals surface area contributed by atoms with Crippen molar-refractivity contribution in [3.63, 3.8) is 0 Å². The van der Waals surface area contributed by atoms with Gasteiger partial charge in [-0.05, 0) is 52.1 Å². The molecule has 0 radical (unpaired) electrons. The van der Waals surface area contributed by atoms with E-state index in [1.807, 2.05) is 32.1 Å². The van der Waals surface area contributed by atoms with Gasteiger partial charge in [-0.2, -0.15) is 5.26 Å². The minimum absolute atomic E-state index is 0.0137. The summed E-state index contributed by atoms with van der Waals surface area (Å²) in [4.78, 5) is 26.7. The molecule has 11 heteroatoms. The molecule has 0 fully saturated rings. The maximum atomic E-state index is 10.8. The highest BCUT2D eigenvalue weighted by molar-refractivity contribution is 6.33. The van der Waals surface area contributed by atoms with E-state index in [0.717, 1.165) is 43.9 Å². The molecule has 2 aromatic carbocycles. The van der Waals surface area contributed by atoms with E-state index in [1.54, 1.807) is 18.2 Å². The molecule has 0 N–H and O–H groups in total. The molecule has 0 bridgehead atoms. The lowest BCUT2D eigenvalue weighted by Gasteiger charge is -2.30. The minimum Gasteiger partial charge on any atom is -0.372 e. The first kappa shape index (κ1) is 30.6. The summed E-state index contributed by atoms with van der Waals surface area (Å²) in [6.45, 7) is 8.88. The highest BCUT2D eigenvalue weighted by Crippen LogP contribution is 2.29. The second kappa shape index (κ2) is 14.9. The minimum atomic E-state index is -0.518. The van der Waals surface area contributed by atoms with Gasteiger partial charge in [0, 0.05) is 56.6 Å². The number of benzene rings is 2. The number of non-ortho nitro benzene ring substituents is 1. The molecule has 0 amide bonds. The Morgan fingerprint density at radius 2 is 1.67 bits per heavy atom. The largest absolute Gasteiger partial charge is 0.372 e. The molecule has 0 aliphatic rings. The van der Waals surface area contributed by atoms with Crippen LogP contribution in [0.4, 0.5) is 22.7 Å². The van der Waals surface area contributed by atoms with Crippen LogP contribution in [-0.2, 0) is 0 Å². The van der Waals surface area contributed by atoms with E-state index in [9.17, 15) is 20.2 Å². The van der Waals surface area contributed by atoms with E-state index in [4.69, 9.17) is 16.9 Å². The lowest BCUT2D eigenvalue weighted by atomic mass is 10.1. The highest BCUT2D eigenvalue weighted by Gasteiger charge is 2.18. The second-order valence-electron chi connectivity index (χ2n) is 8.64. The van der Waals surface area contributed by atoms with Crippen molar-refractivity contribution in [1.29, 1.82) is 5.26 Å². The maximum absolute atomic E-state index is 10.8. The van der Waals surface area contributed by atoms with E-state index in [2.05, 4.69) is 30.6 Å². The number of anilines is 2. The lowest BCUT2D eigenvalue weighted by molar-refractivity contribution is -0.385. The van der Waals surface area contributed by atoms with Crippen molar-refractivity contribution in [2.45, 2.75) is 39.7 Å². The molecule has 1 atom stereocenters. The van der Waals surface area contributed by atoms with E-state index in [0.29, 0.717) is 11.1 Å². The van der Waals surface area contributed by atoms with Crippen LogP contribution in [0.25, 0.3) is 0 Å². The van der Waals surface area contributed by atoms with Crippen LogP contribution in [0.3, 0.4) is 0 Å². The summed E-state index contributed by atoms with van der Waals surface area (Å²) in [5.41, 5.74) is 1.68. The summed E-state index contributed by atoms with van der Waals surface area (Å²) in [5, 5.41) is 30.8. The molecule has 0 aliphatic carbocycles. The van der Waals surface area contributed by atoms with Crippen LogP contribution in [0.1, 0.15) is 39.2 Å². The summed E-state index contributed by atoms with van der Waals surface area (Å²) < 4.78 is 0. The van der Waals surface area contributed by atoms with Crippen LogP contribution in [0.5, 0.6) is 0 Å². The van der Waals surface area contributed by atoms with E-state index < -0.39 is 9.85 Å². The zero-order valence-corrected chi connectivity index (χ0v) is 22.5. The molecule has 36 heavy (non-hydrogen) atoms. The summed E-state index contributed by atoms with van der Waals surface area (Å²) in [7, 11) is 5.90. The molecule has 1 unspecified atom stereocenters. The maximum Gasteiger partial charge on any atom is 0.287 e. The fourth-order valence-corrected chi connectivity index (χ4v) is 3.73. The third-order valence-electron chi connectivity index (χ3n) is 5.65. The predicted molar refractivity (Wildman–Crippen MR) is 145 cm³/mol. The average Bonchev–Trinajstić information content (AvgIpc) is 2.85. The SMILES string of the molecule is CCCN(c1ccc([N+](=O)[O-])c(C#N)c1)C(C)CC.CN(C)CCN(C)c1ccc([N+](=O)[O-])cc1Cl. The quantitative estimate of drug-likeness (QED) is 0.273. The molecular formula is C25H35ClN6O4. The molecule has 0 aromatic heterocycles. The molecule has 0 aliphatic heterocycles. The van der Waals surface area contributed by atoms with Crippen molar-refractivity contribution in [3.05, 3.63) is 67.2 Å². The third-order valence-corrected chi connectivity index (χ3v) is 5.96. The number of nitro benzene ring substituents is 2. The molecule has 0 spiro atoms. The van der Waals surface area contributed by atoms with Crippen LogP contribution in [0, 0.1) is 31.6 Å². The first-order chi connectivity index (χ1) is 17.0. The van der Waals surface area contributed by atoms with Gasteiger partial charge in [0.05, 0.1) is 20.6 Å². The molecular weight excluding hydrogens is 484 g/mol. The molecule has 0 saturated heterocycles. The molecule has 196 valence electrons. The van der Waals surface area contributed by atoms with Crippen molar-refractivity contribution >= 4 is 34.4 Å². The van der Waals surface area contributed by atoms with Gasteiger partial charge in [-0.1, -0.05) is 25.4 Å². The van der Waals surface area contributed by atoms with Crippen molar-refractivity contribution in [2.75, 3.05) is 50.6 Å². The zero-order valence-electron chi connectivity index (χ0n) is 21.8.